The maximum Gasteiger partial charge on any atom is 0.240 e. The molecule has 0 saturated carbocycles. The molecule has 0 aromatic carbocycles. The predicted octanol–water partition coefficient (Wildman–Crippen LogP) is 1.21. The maximum atomic E-state index is 12.6. The lowest BCUT2D eigenvalue weighted by Gasteiger charge is -2.46. The van der Waals surface area contributed by atoms with Crippen LogP contribution in [0.2, 0.25) is 0 Å². The lowest BCUT2D eigenvalue weighted by molar-refractivity contribution is -0.146. The number of fused-ring (bicyclic) bond motifs is 2. The third kappa shape index (κ3) is 2.87. The lowest BCUT2D eigenvalue weighted by Crippen LogP contribution is -2.58. The molecule has 3 rings (SSSR count). The first-order chi connectivity index (χ1) is 9.78. The number of hydrogen-bond donors (Lipinski definition) is 0. The minimum atomic E-state index is 0.0447. The summed E-state index contributed by atoms with van der Waals surface area (Å²) in [5.41, 5.74) is 0. The van der Waals surface area contributed by atoms with Crippen molar-refractivity contribution in [3.8, 4) is 0 Å². The molecule has 0 N–H and O–H groups in total. The number of hydrogen-bond acceptors (Lipinski definition) is 5. The van der Waals surface area contributed by atoms with E-state index < -0.39 is 0 Å². The van der Waals surface area contributed by atoms with E-state index in [0.717, 1.165) is 31.1 Å². The molecule has 2 bridgehead atoms. The number of rotatable bonds is 5. The average molecular weight is 295 g/mol. The van der Waals surface area contributed by atoms with Gasteiger partial charge in [-0.2, -0.15) is 0 Å². The van der Waals surface area contributed by atoms with Gasteiger partial charge in [-0.25, -0.2) is 4.98 Å². The second-order valence-corrected chi connectivity index (χ2v) is 6.56. The van der Waals surface area contributed by atoms with E-state index in [-0.39, 0.29) is 11.9 Å². The Balaban J connectivity index is 1.67. The molecule has 2 aliphatic heterocycles. The van der Waals surface area contributed by atoms with Crippen LogP contribution in [0.15, 0.2) is 11.6 Å². The SMILES string of the molecule is COCCN1C[C@H]2CCN(Cc3nccs3)[C@H](C2)C1=O. The van der Waals surface area contributed by atoms with Crippen molar-refractivity contribution >= 4 is 17.2 Å². The van der Waals surface area contributed by atoms with E-state index in [0.29, 0.717) is 19.1 Å². The van der Waals surface area contributed by atoms with Crippen molar-refractivity contribution in [1.29, 1.82) is 0 Å². The van der Waals surface area contributed by atoms with E-state index in [1.807, 2.05) is 16.5 Å². The van der Waals surface area contributed by atoms with E-state index in [1.54, 1.807) is 18.4 Å². The van der Waals surface area contributed by atoms with Crippen LogP contribution >= 0.6 is 11.3 Å². The number of ether oxygens (including phenoxy) is 1. The number of piperidine rings is 2. The van der Waals surface area contributed by atoms with Gasteiger partial charge in [0.15, 0.2) is 0 Å². The molecule has 1 aromatic rings. The fourth-order valence-corrected chi connectivity index (χ4v) is 3.86. The van der Waals surface area contributed by atoms with Crippen LogP contribution in [0, 0.1) is 5.92 Å². The summed E-state index contributed by atoms with van der Waals surface area (Å²) in [6, 6.07) is 0.0447. The Morgan fingerprint density at radius 3 is 3.20 bits per heavy atom. The Labute approximate surface area is 123 Å². The van der Waals surface area contributed by atoms with Crippen molar-refractivity contribution in [2.45, 2.75) is 25.4 Å². The van der Waals surface area contributed by atoms with Crippen molar-refractivity contribution < 1.29 is 9.53 Å². The number of nitrogens with zero attached hydrogens (tertiary/aromatic N) is 3. The highest BCUT2D eigenvalue weighted by atomic mass is 32.1. The normalized spacial score (nSPS) is 27.1. The topological polar surface area (TPSA) is 45.7 Å². The summed E-state index contributed by atoms with van der Waals surface area (Å²) in [7, 11) is 1.68. The lowest BCUT2D eigenvalue weighted by atomic mass is 9.86. The van der Waals surface area contributed by atoms with Crippen molar-refractivity contribution in [2.75, 3.05) is 33.4 Å². The Kier molecular flexibility index (Phi) is 4.33. The van der Waals surface area contributed by atoms with Gasteiger partial charge in [0.25, 0.3) is 0 Å². The zero-order valence-corrected chi connectivity index (χ0v) is 12.6. The van der Waals surface area contributed by atoms with Crippen molar-refractivity contribution in [3.63, 3.8) is 0 Å². The maximum absolute atomic E-state index is 12.6. The summed E-state index contributed by atoms with van der Waals surface area (Å²) in [6.07, 6.45) is 4.02. The molecular weight excluding hydrogens is 274 g/mol. The van der Waals surface area contributed by atoms with E-state index in [1.165, 1.54) is 6.42 Å². The molecular formula is C14H21N3O2S. The molecule has 20 heavy (non-hydrogen) atoms. The van der Waals surface area contributed by atoms with Crippen LogP contribution in [0.4, 0.5) is 0 Å². The van der Waals surface area contributed by atoms with Gasteiger partial charge in [0.2, 0.25) is 5.91 Å². The highest BCUT2D eigenvalue weighted by molar-refractivity contribution is 7.09. The van der Waals surface area contributed by atoms with Crippen molar-refractivity contribution in [1.82, 2.24) is 14.8 Å². The summed E-state index contributed by atoms with van der Waals surface area (Å²) in [5, 5.41) is 3.10. The van der Waals surface area contributed by atoms with Crippen LogP contribution in [0.5, 0.6) is 0 Å². The third-order valence-corrected chi connectivity index (χ3v) is 5.05. The van der Waals surface area contributed by atoms with Gasteiger partial charge < -0.3 is 9.64 Å². The molecule has 1 amide bonds. The molecule has 0 unspecified atom stereocenters. The minimum Gasteiger partial charge on any atom is -0.383 e. The second-order valence-electron chi connectivity index (χ2n) is 5.58. The molecule has 0 spiro atoms. The number of likely N-dealkylation sites (tertiary alicyclic amines) is 2. The largest absolute Gasteiger partial charge is 0.383 e. The van der Waals surface area contributed by atoms with E-state index in [9.17, 15) is 4.79 Å². The molecule has 2 fully saturated rings. The quantitative estimate of drug-likeness (QED) is 0.819. The molecule has 110 valence electrons. The number of carbonyl (C=O) groups is 1. The van der Waals surface area contributed by atoms with E-state index in [4.69, 9.17) is 4.74 Å². The molecule has 6 heteroatoms. The summed E-state index contributed by atoms with van der Waals surface area (Å²) in [4.78, 5) is 21.2. The predicted molar refractivity (Wildman–Crippen MR) is 77.5 cm³/mol. The summed E-state index contributed by atoms with van der Waals surface area (Å²) in [5.74, 6) is 0.927. The molecule has 2 saturated heterocycles. The van der Waals surface area contributed by atoms with Crippen LogP contribution in [-0.4, -0.2) is 60.1 Å². The third-order valence-electron chi connectivity index (χ3n) is 4.28. The summed E-state index contributed by atoms with van der Waals surface area (Å²) < 4.78 is 5.11. The van der Waals surface area contributed by atoms with Gasteiger partial charge in [-0.3, -0.25) is 9.69 Å². The molecule has 1 aromatic heterocycles. The number of methoxy groups -OCH3 is 1. The van der Waals surface area contributed by atoms with Gasteiger partial charge in [-0.15, -0.1) is 11.3 Å². The number of amides is 1. The zero-order chi connectivity index (χ0) is 13.9. The standard InChI is InChI=1S/C14H21N3O2S/c1-19-6-5-17-9-11-2-4-16(12(8-11)14(17)18)10-13-15-3-7-20-13/h3,7,11-12H,2,4-6,8-10H2,1H3/t11-,12+/m0/s1. The highest BCUT2D eigenvalue weighted by Crippen LogP contribution is 2.31. The first-order valence-corrected chi connectivity index (χ1v) is 8.06. The van der Waals surface area contributed by atoms with Gasteiger partial charge in [0.05, 0.1) is 19.2 Å². The number of aromatic nitrogens is 1. The van der Waals surface area contributed by atoms with Gasteiger partial charge >= 0.3 is 0 Å². The van der Waals surface area contributed by atoms with Crippen LogP contribution in [0.3, 0.4) is 0 Å². The first kappa shape index (κ1) is 14.0. The molecule has 0 radical (unpaired) electrons. The first-order valence-electron chi connectivity index (χ1n) is 7.18. The second kappa shape index (κ2) is 6.20. The molecule has 2 aliphatic rings. The smallest absolute Gasteiger partial charge is 0.240 e. The fraction of sp³-hybridized carbons (Fsp3) is 0.714. The number of thiazole rings is 1. The van der Waals surface area contributed by atoms with Crippen molar-refractivity contribution in [3.05, 3.63) is 16.6 Å². The summed E-state index contributed by atoms with van der Waals surface area (Å²) in [6.45, 7) is 4.06. The molecule has 0 aliphatic carbocycles. The molecule has 5 nitrogen and oxygen atoms in total. The summed E-state index contributed by atoms with van der Waals surface area (Å²) >= 11 is 1.67. The van der Waals surface area contributed by atoms with E-state index in [2.05, 4.69) is 9.88 Å². The highest BCUT2D eigenvalue weighted by Gasteiger charge is 2.41. The van der Waals surface area contributed by atoms with Gasteiger partial charge in [-0.05, 0) is 25.3 Å². The number of carbonyl (C=O) groups excluding carboxylic acids is 1. The zero-order valence-electron chi connectivity index (χ0n) is 11.8. The van der Waals surface area contributed by atoms with Crippen LogP contribution in [-0.2, 0) is 16.1 Å². The monoisotopic (exact) mass is 295 g/mol. The van der Waals surface area contributed by atoms with Crippen molar-refractivity contribution in [2.24, 2.45) is 5.92 Å². The van der Waals surface area contributed by atoms with Gasteiger partial charge in [-0.1, -0.05) is 0 Å². The Bertz CT molecular complexity index is 451. The van der Waals surface area contributed by atoms with Gasteiger partial charge in [0, 0.05) is 31.8 Å². The Morgan fingerprint density at radius 1 is 1.55 bits per heavy atom. The minimum absolute atomic E-state index is 0.0447. The fourth-order valence-electron chi connectivity index (χ4n) is 3.22. The van der Waals surface area contributed by atoms with Crippen LogP contribution < -0.4 is 0 Å². The Hall–Kier alpha value is -0.980. The van der Waals surface area contributed by atoms with E-state index >= 15 is 0 Å². The Morgan fingerprint density at radius 2 is 2.45 bits per heavy atom. The van der Waals surface area contributed by atoms with Crippen LogP contribution in [0.25, 0.3) is 0 Å². The van der Waals surface area contributed by atoms with Gasteiger partial charge in [0.1, 0.15) is 5.01 Å². The molecule has 2 atom stereocenters. The van der Waals surface area contributed by atoms with Crippen LogP contribution in [0.1, 0.15) is 17.8 Å². The molecule has 3 heterocycles. The average Bonchev–Trinajstić information content (AvgIpc) is 2.96.